The SMILES string of the molecule is C=C[C@@]1(O)C[C@H]2[C@H]3C[C@@](O)(C=C)[C@@H]4[C@H]3C3C5[C@@H](CC[C@H]54)[C@@H]1[C@H]32. The van der Waals surface area contributed by atoms with Crippen molar-refractivity contribution in [2.75, 3.05) is 0 Å². The molecule has 6 rings (SSSR count). The van der Waals surface area contributed by atoms with Gasteiger partial charge in [0.05, 0.1) is 11.2 Å². The first-order valence-corrected chi connectivity index (χ1v) is 9.26. The third-order valence-electron chi connectivity index (χ3n) is 9.43. The van der Waals surface area contributed by atoms with E-state index in [0.717, 1.165) is 36.5 Å². The number of hydrogen-bond donors (Lipinski definition) is 2. The Bertz CT molecular complexity index is 549. The fraction of sp³-hybridized carbons (Fsp3) is 0.800. The van der Waals surface area contributed by atoms with Crippen LogP contribution in [0.2, 0.25) is 0 Å². The highest BCUT2D eigenvalue weighted by molar-refractivity contribution is 5.32. The topological polar surface area (TPSA) is 40.5 Å². The summed E-state index contributed by atoms with van der Waals surface area (Å²) in [4.78, 5) is 0. The van der Waals surface area contributed by atoms with E-state index in [1.807, 2.05) is 12.2 Å². The number of fused-ring (bicyclic) bond motifs is 3. The molecular weight excluding hydrogens is 272 g/mol. The molecule has 6 aliphatic carbocycles. The van der Waals surface area contributed by atoms with E-state index in [1.165, 1.54) is 12.8 Å². The molecule has 0 heterocycles. The lowest BCUT2D eigenvalue weighted by molar-refractivity contribution is 0.00621. The summed E-state index contributed by atoms with van der Waals surface area (Å²) in [5.41, 5.74) is -1.26. The molecule has 12 atom stereocenters. The molecule has 6 fully saturated rings. The Hall–Kier alpha value is -0.600. The fourth-order valence-corrected chi connectivity index (χ4v) is 9.44. The van der Waals surface area contributed by atoms with Gasteiger partial charge in [-0.15, -0.1) is 13.2 Å². The second-order valence-electron chi connectivity index (χ2n) is 9.39. The second-order valence-corrected chi connectivity index (χ2v) is 9.39. The molecule has 2 N–H and O–H groups in total. The average molecular weight is 298 g/mol. The van der Waals surface area contributed by atoms with E-state index >= 15 is 0 Å². The van der Waals surface area contributed by atoms with Gasteiger partial charge < -0.3 is 10.2 Å². The molecule has 0 amide bonds. The average Bonchev–Trinajstić information content (AvgIpc) is 3.23. The minimum Gasteiger partial charge on any atom is -0.385 e. The summed E-state index contributed by atoms with van der Waals surface area (Å²) in [7, 11) is 0. The van der Waals surface area contributed by atoms with Crippen molar-refractivity contribution in [2.45, 2.75) is 36.9 Å². The highest BCUT2D eigenvalue weighted by atomic mass is 16.3. The molecule has 2 nitrogen and oxygen atoms in total. The van der Waals surface area contributed by atoms with Gasteiger partial charge in [-0.2, -0.15) is 0 Å². The van der Waals surface area contributed by atoms with Crippen molar-refractivity contribution >= 4 is 0 Å². The zero-order valence-electron chi connectivity index (χ0n) is 13.1. The first-order chi connectivity index (χ1) is 10.5. The van der Waals surface area contributed by atoms with Crippen LogP contribution >= 0.6 is 0 Å². The van der Waals surface area contributed by atoms with Gasteiger partial charge in [-0.3, -0.25) is 0 Å². The van der Waals surface area contributed by atoms with E-state index in [-0.39, 0.29) is 0 Å². The van der Waals surface area contributed by atoms with E-state index in [2.05, 4.69) is 13.2 Å². The summed E-state index contributed by atoms with van der Waals surface area (Å²) >= 11 is 0. The van der Waals surface area contributed by atoms with Crippen molar-refractivity contribution in [2.24, 2.45) is 59.2 Å². The minimum atomic E-state index is -0.630. The van der Waals surface area contributed by atoms with Crippen LogP contribution in [0.4, 0.5) is 0 Å². The first-order valence-electron chi connectivity index (χ1n) is 9.26. The van der Waals surface area contributed by atoms with Crippen LogP contribution in [0.1, 0.15) is 25.7 Å². The Labute approximate surface area is 132 Å². The zero-order chi connectivity index (χ0) is 15.0. The maximum absolute atomic E-state index is 11.3. The molecule has 22 heavy (non-hydrogen) atoms. The van der Waals surface area contributed by atoms with Gasteiger partial charge in [0.25, 0.3) is 0 Å². The van der Waals surface area contributed by atoms with Gasteiger partial charge >= 0.3 is 0 Å². The lowest BCUT2D eigenvalue weighted by Crippen LogP contribution is -2.38. The number of hydrogen-bond acceptors (Lipinski definition) is 2. The van der Waals surface area contributed by atoms with Crippen molar-refractivity contribution in [1.82, 2.24) is 0 Å². The first kappa shape index (κ1) is 12.8. The maximum atomic E-state index is 11.3. The third kappa shape index (κ3) is 1.02. The van der Waals surface area contributed by atoms with Gasteiger partial charge in [0.1, 0.15) is 0 Å². The summed E-state index contributed by atoms with van der Waals surface area (Å²) in [5, 5.41) is 22.5. The van der Waals surface area contributed by atoms with Crippen LogP contribution in [-0.2, 0) is 0 Å². The molecule has 0 aromatic rings. The third-order valence-corrected chi connectivity index (χ3v) is 9.43. The highest BCUT2D eigenvalue weighted by Crippen LogP contribution is 2.82. The molecule has 6 saturated carbocycles. The molecule has 0 aliphatic heterocycles. The Morgan fingerprint density at radius 2 is 1.14 bits per heavy atom. The number of aliphatic hydroxyl groups is 2. The smallest absolute Gasteiger partial charge is 0.0861 e. The summed E-state index contributed by atoms with van der Waals surface area (Å²) in [6.45, 7) is 7.99. The monoisotopic (exact) mass is 298 g/mol. The largest absolute Gasteiger partial charge is 0.385 e. The normalized spacial score (nSPS) is 72.1. The van der Waals surface area contributed by atoms with Crippen LogP contribution in [-0.4, -0.2) is 21.4 Å². The van der Waals surface area contributed by atoms with Crippen LogP contribution in [0.3, 0.4) is 0 Å². The van der Waals surface area contributed by atoms with Crippen molar-refractivity contribution in [3.8, 4) is 0 Å². The molecule has 0 aromatic heterocycles. The lowest BCUT2D eigenvalue weighted by atomic mass is 9.76. The Kier molecular flexibility index (Phi) is 1.98. The van der Waals surface area contributed by atoms with Gasteiger partial charge in [-0.05, 0) is 84.9 Å². The van der Waals surface area contributed by atoms with E-state index in [9.17, 15) is 10.2 Å². The molecule has 0 radical (unpaired) electrons. The van der Waals surface area contributed by atoms with Crippen LogP contribution in [0, 0.1) is 59.2 Å². The molecule has 6 aliphatic rings. The highest BCUT2D eigenvalue weighted by Gasteiger charge is 2.80. The minimum absolute atomic E-state index is 0.471. The van der Waals surface area contributed by atoms with Gasteiger partial charge in [-0.1, -0.05) is 12.2 Å². The predicted octanol–water partition coefficient (Wildman–Crippen LogP) is 2.62. The molecular formula is C20H26O2. The standard InChI is InChI=1S/C20H26O2/c1-3-19(21)7-11-12-8-20(22,4-2)18-10-6-5-9-13(10)16(15(12)18)14(11)17(9)19/h3-4,9-18,21-22H,1-2,5-8H2/t9-,10-,11-,12+,13?,14-,15+,16?,17+,18-,19+,20-/m1/s1. The van der Waals surface area contributed by atoms with E-state index in [4.69, 9.17) is 0 Å². The molecule has 0 spiro atoms. The van der Waals surface area contributed by atoms with Crippen molar-refractivity contribution in [3.63, 3.8) is 0 Å². The van der Waals surface area contributed by atoms with Gasteiger partial charge in [0, 0.05) is 0 Å². The molecule has 0 bridgehead atoms. The number of rotatable bonds is 2. The Morgan fingerprint density at radius 3 is 1.55 bits per heavy atom. The quantitative estimate of drug-likeness (QED) is 0.769. The van der Waals surface area contributed by atoms with E-state index < -0.39 is 11.2 Å². The van der Waals surface area contributed by atoms with Crippen molar-refractivity contribution in [3.05, 3.63) is 25.3 Å². The van der Waals surface area contributed by atoms with Crippen LogP contribution < -0.4 is 0 Å². The second kappa shape index (κ2) is 3.42. The molecule has 2 unspecified atom stereocenters. The Morgan fingerprint density at radius 1 is 0.682 bits per heavy atom. The van der Waals surface area contributed by atoms with E-state index in [0.29, 0.717) is 35.5 Å². The predicted molar refractivity (Wildman–Crippen MR) is 83.7 cm³/mol. The van der Waals surface area contributed by atoms with Crippen molar-refractivity contribution in [1.29, 1.82) is 0 Å². The van der Waals surface area contributed by atoms with Crippen LogP contribution in [0.5, 0.6) is 0 Å². The van der Waals surface area contributed by atoms with Gasteiger partial charge in [-0.25, -0.2) is 0 Å². The summed E-state index contributed by atoms with van der Waals surface area (Å²) in [5.74, 6) is 6.54. The Balaban J connectivity index is 1.57. The van der Waals surface area contributed by atoms with Crippen LogP contribution in [0.15, 0.2) is 25.3 Å². The summed E-state index contributed by atoms with van der Waals surface area (Å²) in [6.07, 6.45) is 8.06. The van der Waals surface area contributed by atoms with Crippen molar-refractivity contribution < 1.29 is 10.2 Å². The molecule has 0 aromatic carbocycles. The maximum Gasteiger partial charge on any atom is 0.0861 e. The molecule has 0 saturated heterocycles. The molecule has 118 valence electrons. The van der Waals surface area contributed by atoms with Gasteiger partial charge in [0.2, 0.25) is 0 Å². The fourth-order valence-electron chi connectivity index (χ4n) is 9.44. The van der Waals surface area contributed by atoms with E-state index in [1.54, 1.807) is 0 Å². The lowest BCUT2D eigenvalue weighted by Gasteiger charge is -2.33. The van der Waals surface area contributed by atoms with Gasteiger partial charge in [0.15, 0.2) is 0 Å². The van der Waals surface area contributed by atoms with Crippen LogP contribution in [0.25, 0.3) is 0 Å². The molecule has 2 heteroatoms. The summed E-state index contributed by atoms with van der Waals surface area (Å²) in [6, 6.07) is 0. The summed E-state index contributed by atoms with van der Waals surface area (Å²) < 4.78 is 0. The zero-order valence-corrected chi connectivity index (χ0v) is 13.1.